The monoisotopic (exact) mass is 220 g/mol. The molecule has 0 radical (unpaired) electrons. The average molecular weight is 220 g/mol. The molecule has 0 aliphatic rings. The SMILES string of the molecule is CCCCC(C=Cc1ccccc1)O[SiH3]. The first-order valence-corrected chi connectivity index (χ1v) is 6.44. The van der Waals surface area contributed by atoms with Gasteiger partial charge < -0.3 is 4.43 Å². The molecule has 0 fully saturated rings. The van der Waals surface area contributed by atoms with Gasteiger partial charge >= 0.3 is 0 Å². The lowest BCUT2D eigenvalue weighted by Gasteiger charge is -2.10. The molecule has 1 nitrogen and oxygen atoms in total. The zero-order valence-corrected chi connectivity index (χ0v) is 11.6. The van der Waals surface area contributed by atoms with Crippen molar-refractivity contribution < 1.29 is 4.43 Å². The molecule has 0 aromatic heterocycles. The van der Waals surface area contributed by atoms with Gasteiger partial charge in [-0.25, -0.2) is 0 Å². The highest BCUT2D eigenvalue weighted by Crippen LogP contribution is 2.08. The summed E-state index contributed by atoms with van der Waals surface area (Å²) >= 11 is 0. The maximum Gasteiger partial charge on any atom is 0.146 e. The lowest BCUT2D eigenvalue weighted by atomic mass is 10.1. The van der Waals surface area contributed by atoms with Crippen LogP contribution in [-0.4, -0.2) is 16.6 Å². The number of hydrogen-bond acceptors (Lipinski definition) is 1. The Bertz CT molecular complexity index is 282. The van der Waals surface area contributed by atoms with Crippen molar-refractivity contribution in [3.8, 4) is 0 Å². The Balaban J connectivity index is 2.47. The smallest absolute Gasteiger partial charge is 0.146 e. The maximum atomic E-state index is 5.53. The van der Waals surface area contributed by atoms with Crippen LogP contribution in [0, 0.1) is 0 Å². The maximum absolute atomic E-state index is 5.53. The van der Waals surface area contributed by atoms with Crippen LogP contribution in [0.15, 0.2) is 36.4 Å². The van der Waals surface area contributed by atoms with Crippen LogP contribution in [0.2, 0.25) is 0 Å². The van der Waals surface area contributed by atoms with E-state index in [1.165, 1.54) is 18.4 Å². The molecule has 0 N–H and O–H groups in total. The second-order valence-corrected chi connectivity index (χ2v) is 4.16. The lowest BCUT2D eigenvalue weighted by Crippen LogP contribution is -2.06. The Morgan fingerprint density at radius 2 is 2.07 bits per heavy atom. The molecular formula is C13H20OSi. The Labute approximate surface area is 95.7 Å². The molecule has 0 saturated heterocycles. The lowest BCUT2D eigenvalue weighted by molar-refractivity contribution is 0.258. The Kier molecular flexibility index (Phi) is 6.05. The molecule has 1 rings (SSSR count). The van der Waals surface area contributed by atoms with Crippen LogP contribution in [0.25, 0.3) is 6.08 Å². The van der Waals surface area contributed by atoms with E-state index in [0.29, 0.717) is 6.10 Å². The predicted molar refractivity (Wildman–Crippen MR) is 69.8 cm³/mol. The molecule has 1 atom stereocenters. The van der Waals surface area contributed by atoms with Crippen LogP contribution in [0.4, 0.5) is 0 Å². The minimum absolute atomic E-state index is 0.317. The van der Waals surface area contributed by atoms with Crippen molar-refractivity contribution in [2.24, 2.45) is 0 Å². The molecule has 1 aromatic carbocycles. The van der Waals surface area contributed by atoms with Crippen LogP contribution in [-0.2, 0) is 4.43 Å². The predicted octanol–water partition coefficient (Wildman–Crippen LogP) is 2.56. The van der Waals surface area contributed by atoms with Crippen LogP contribution in [0.3, 0.4) is 0 Å². The van der Waals surface area contributed by atoms with E-state index in [1.807, 2.05) is 6.07 Å². The Morgan fingerprint density at radius 1 is 1.33 bits per heavy atom. The second-order valence-electron chi connectivity index (χ2n) is 3.69. The first-order chi connectivity index (χ1) is 7.36. The summed E-state index contributed by atoms with van der Waals surface area (Å²) in [6.45, 7) is 2.21. The van der Waals surface area contributed by atoms with E-state index in [2.05, 4.69) is 43.3 Å². The summed E-state index contributed by atoms with van der Waals surface area (Å²) < 4.78 is 5.53. The topological polar surface area (TPSA) is 9.23 Å². The normalized spacial score (nSPS) is 13.4. The van der Waals surface area contributed by atoms with Crippen molar-refractivity contribution in [2.75, 3.05) is 0 Å². The molecule has 0 saturated carbocycles. The highest BCUT2D eigenvalue weighted by molar-refractivity contribution is 5.98. The van der Waals surface area contributed by atoms with Gasteiger partial charge in [0.25, 0.3) is 0 Å². The van der Waals surface area contributed by atoms with Crippen LogP contribution in [0.1, 0.15) is 31.7 Å². The quantitative estimate of drug-likeness (QED) is 0.670. The van der Waals surface area contributed by atoms with Crippen LogP contribution < -0.4 is 0 Å². The number of rotatable bonds is 6. The molecule has 2 heteroatoms. The average Bonchev–Trinajstić information content (AvgIpc) is 2.31. The van der Waals surface area contributed by atoms with Crippen molar-refractivity contribution in [3.63, 3.8) is 0 Å². The fraction of sp³-hybridized carbons (Fsp3) is 0.385. The summed E-state index contributed by atoms with van der Waals surface area (Å²) in [6.07, 6.45) is 8.27. The fourth-order valence-electron chi connectivity index (χ4n) is 1.48. The standard InChI is InChI=1S/C13H20OSi/c1-2-3-9-13(14-15)11-10-12-7-5-4-6-8-12/h4-8,10-11,13H,2-3,9H2,1,15H3. The van der Waals surface area contributed by atoms with Gasteiger partial charge in [0.05, 0.1) is 6.10 Å². The zero-order chi connectivity index (χ0) is 10.9. The van der Waals surface area contributed by atoms with E-state index in [1.54, 1.807) is 0 Å². The van der Waals surface area contributed by atoms with Crippen molar-refractivity contribution >= 4 is 16.6 Å². The van der Waals surface area contributed by atoms with E-state index in [-0.39, 0.29) is 0 Å². The summed E-state index contributed by atoms with van der Waals surface area (Å²) in [7, 11) is 0.814. The molecule has 82 valence electrons. The molecular weight excluding hydrogens is 200 g/mol. The zero-order valence-electron chi connectivity index (χ0n) is 9.65. The molecule has 1 aromatic rings. The van der Waals surface area contributed by atoms with Crippen molar-refractivity contribution in [1.82, 2.24) is 0 Å². The highest BCUT2D eigenvalue weighted by atomic mass is 28.2. The van der Waals surface area contributed by atoms with Gasteiger partial charge in [-0.2, -0.15) is 0 Å². The summed E-state index contributed by atoms with van der Waals surface area (Å²) in [5.74, 6) is 0. The number of benzene rings is 1. The first kappa shape index (κ1) is 12.2. The molecule has 0 aliphatic carbocycles. The van der Waals surface area contributed by atoms with Gasteiger partial charge in [-0.3, -0.25) is 0 Å². The Morgan fingerprint density at radius 3 is 2.67 bits per heavy atom. The molecule has 15 heavy (non-hydrogen) atoms. The first-order valence-electron chi connectivity index (χ1n) is 5.63. The molecule has 0 heterocycles. The third-order valence-corrected chi connectivity index (χ3v) is 3.05. The molecule has 0 amide bonds. The Hall–Kier alpha value is -0.863. The minimum atomic E-state index is 0.317. The van der Waals surface area contributed by atoms with Gasteiger partial charge in [-0.05, 0) is 12.0 Å². The number of unbranched alkanes of at least 4 members (excludes halogenated alkanes) is 1. The van der Waals surface area contributed by atoms with Crippen molar-refractivity contribution in [3.05, 3.63) is 42.0 Å². The molecule has 1 unspecified atom stereocenters. The minimum Gasteiger partial charge on any atom is -0.422 e. The van der Waals surface area contributed by atoms with Gasteiger partial charge in [0.1, 0.15) is 10.5 Å². The fourth-order valence-corrected chi connectivity index (χ4v) is 1.87. The van der Waals surface area contributed by atoms with E-state index in [0.717, 1.165) is 16.9 Å². The van der Waals surface area contributed by atoms with Gasteiger partial charge in [-0.15, -0.1) is 0 Å². The van der Waals surface area contributed by atoms with Crippen LogP contribution in [0.5, 0.6) is 0 Å². The molecule has 0 bridgehead atoms. The third-order valence-electron chi connectivity index (χ3n) is 2.45. The summed E-state index contributed by atoms with van der Waals surface area (Å²) in [5, 5.41) is 0. The molecule has 0 spiro atoms. The van der Waals surface area contributed by atoms with Gasteiger partial charge in [0.15, 0.2) is 0 Å². The summed E-state index contributed by atoms with van der Waals surface area (Å²) in [5.41, 5.74) is 1.25. The van der Waals surface area contributed by atoms with Gasteiger partial charge in [0, 0.05) is 0 Å². The largest absolute Gasteiger partial charge is 0.422 e. The van der Waals surface area contributed by atoms with Crippen LogP contribution >= 0.6 is 0 Å². The summed E-state index contributed by atoms with van der Waals surface area (Å²) in [6, 6.07) is 10.4. The summed E-state index contributed by atoms with van der Waals surface area (Å²) in [4.78, 5) is 0. The van der Waals surface area contributed by atoms with E-state index < -0.39 is 0 Å². The molecule has 0 aliphatic heterocycles. The third kappa shape index (κ3) is 4.95. The highest BCUT2D eigenvalue weighted by Gasteiger charge is 1.99. The van der Waals surface area contributed by atoms with Gasteiger partial charge in [-0.1, -0.05) is 62.2 Å². The number of hydrogen-bond donors (Lipinski definition) is 0. The second kappa shape index (κ2) is 7.43. The van der Waals surface area contributed by atoms with Crippen molar-refractivity contribution in [2.45, 2.75) is 32.3 Å². The van der Waals surface area contributed by atoms with E-state index >= 15 is 0 Å². The van der Waals surface area contributed by atoms with E-state index in [9.17, 15) is 0 Å². The van der Waals surface area contributed by atoms with E-state index in [4.69, 9.17) is 4.43 Å². The van der Waals surface area contributed by atoms with Gasteiger partial charge in [0.2, 0.25) is 0 Å². The van der Waals surface area contributed by atoms with Crippen molar-refractivity contribution in [1.29, 1.82) is 0 Å².